The van der Waals surface area contributed by atoms with Gasteiger partial charge in [-0.1, -0.05) is 207 Å². The third-order valence-corrected chi connectivity index (χ3v) is 13.6. The van der Waals surface area contributed by atoms with Crippen molar-refractivity contribution in [1.82, 2.24) is 0 Å². The van der Waals surface area contributed by atoms with Crippen LogP contribution in [-0.4, -0.2) is 5.11 Å². The normalized spacial score (nSPS) is 16.0. The molecule has 306 valence electrons. The average molecular weight is 806 g/mol. The minimum Gasteiger partial charge on any atom is -0.376 e. The molecule has 0 spiro atoms. The highest BCUT2D eigenvalue weighted by Crippen LogP contribution is 2.58. The summed E-state index contributed by atoms with van der Waals surface area (Å²) < 4.78 is 0. The van der Waals surface area contributed by atoms with E-state index >= 15 is 0 Å². The fraction of sp³-hybridized carbons (Fsp3) is 0.200. The number of hydrogen-bond donors (Lipinski definition) is 1. The quantitative estimate of drug-likeness (QED) is 0.181. The SMILES string of the molecule is CC(C)(C)c1ccc(-c2ccc(C(C)(C)C)cc2C2(O)c3ccccc3-c3cccc(N(c4ccc(-c5ccccc5)cc4)c4ccc5c(c4)C(C)(C)c4ccccc4-5)c32)cc1. The van der Waals surface area contributed by atoms with Crippen LogP contribution in [0.2, 0.25) is 0 Å². The second-order valence-electron chi connectivity index (χ2n) is 19.9. The maximum Gasteiger partial charge on any atom is 0.144 e. The molecule has 0 aromatic heterocycles. The Kier molecular flexibility index (Phi) is 9.14. The maximum absolute atomic E-state index is 14.3. The largest absolute Gasteiger partial charge is 0.376 e. The monoisotopic (exact) mass is 805 g/mol. The van der Waals surface area contributed by atoms with Gasteiger partial charge in [-0.25, -0.2) is 0 Å². The summed E-state index contributed by atoms with van der Waals surface area (Å²) in [6.07, 6.45) is 0. The standard InChI is InChI=1S/C60H55NO/c1-57(2,3)42-29-25-41(26-30-42)46-35-31-43(58(4,5)6)37-54(46)60(62)52-23-15-13-20-48(52)50-21-16-24-55(56(50)60)61(44-32-27-40(28-33-44)39-17-10-9-11-18-39)45-34-36-49-47-19-12-14-22-51(47)59(7,8)53(49)38-45/h9-38,62H,1-8H3. The lowest BCUT2D eigenvalue weighted by Crippen LogP contribution is -2.30. The predicted octanol–water partition coefficient (Wildman–Crippen LogP) is 15.7. The zero-order valence-corrected chi connectivity index (χ0v) is 37.2. The molecule has 2 nitrogen and oxygen atoms in total. The maximum atomic E-state index is 14.3. The first-order chi connectivity index (χ1) is 29.7. The Labute approximate surface area is 368 Å². The van der Waals surface area contributed by atoms with Gasteiger partial charge in [-0.05, 0) is 108 Å². The van der Waals surface area contributed by atoms with Gasteiger partial charge in [0.2, 0.25) is 0 Å². The Morgan fingerprint density at radius 1 is 0.387 bits per heavy atom. The number of aliphatic hydroxyl groups is 1. The van der Waals surface area contributed by atoms with Crippen molar-refractivity contribution in [3.8, 4) is 44.5 Å². The highest BCUT2D eigenvalue weighted by atomic mass is 16.3. The number of benzene rings is 8. The van der Waals surface area contributed by atoms with Crippen molar-refractivity contribution in [2.24, 2.45) is 0 Å². The van der Waals surface area contributed by atoms with Crippen LogP contribution in [0.1, 0.15) is 94.3 Å². The molecule has 0 fully saturated rings. The van der Waals surface area contributed by atoms with Gasteiger partial charge in [-0.2, -0.15) is 0 Å². The molecule has 0 bridgehead atoms. The van der Waals surface area contributed by atoms with Gasteiger partial charge in [0.15, 0.2) is 0 Å². The Hall–Kier alpha value is -6.48. The van der Waals surface area contributed by atoms with E-state index < -0.39 is 5.60 Å². The summed E-state index contributed by atoms with van der Waals surface area (Å²) in [6, 6.07) is 66.0. The predicted molar refractivity (Wildman–Crippen MR) is 261 cm³/mol. The van der Waals surface area contributed by atoms with Gasteiger partial charge >= 0.3 is 0 Å². The minimum atomic E-state index is -1.50. The zero-order valence-electron chi connectivity index (χ0n) is 37.2. The molecule has 2 aliphatic rings. The van der Waals surface area contributed by atoms with Crippen LogP contribution in [0.15, 0.2) is 182 Å². The van der Waals surface area contributed by atoms with Gasteiger partial charge < -0.3 is 10.0 Å². The van der Waals surface area contributed by atoms with Crippen molar-refractivity contribution >= 4 is 17.1 Å². The van der Waals surface area contributed by atoms with Gasteiger partial charge in [0.1, 0.15) is 5.60 Å². The lowest BCUT2D eigenvalue weighted by Gasteiger charge is -2.36. The fourth-order valence-electron chi connectivity index (χ4n) is 10.2. The van der Waals surface area contributed by atoms with Crippen LogP contribution < -0.4 is 4.90 Å². The molecule has 8 aromatic rings. The van der Waals surface area contributed by atoms with Crippen LogP contribution >= 0.6 is 0 Å². The summed E-state index contributed by atoms with van der Waals surface area (Å²) in [5.41, 5.74) is 18.0. The van der Waals surface area contributed by atoms with E-state index in [1.54, 1.807) is 0 Å². The molecule has 1 unspecified atom stereocenters. The van der Waals surface area contributed by atoms with Crippen LogP contribution in [-0.2, 0) is 21.8 Å². The number of rotatable bonds is 6. The molecule has 0 saturated carbocycles. The lowest BCUT2D eigenvalue weighted by molar-refractivity contribution is 0.131. The molecule has 0 amide bonds. The van der Waals surface area contributed by atoms with Crippen molar-refractivity contribution in [3.63, 3.8) is 0 Å². The third kappa shape index (κ3) is 6.26. The summed E-state index contributed by atoms with van der Waals surface area (Å²) in [5.74, 6) is 0. The van der Waals surface area contributed by atoms with E-state index in [9.17, 15) is 5.11 Å². The summed E-state index contributed by atoms with van der Waals surface area (Å²) in [6.45, 7) is 18.2. The number of fused-ring (bicyclic) bond motifs is 6. The van der Waals surface area contributed by atoms with Crippen molar-refractivity contribution in [2.45, 2.75) is 77.2 Å². The Morgan fingerprint density at radius 2 is 0.903 bits per heavy atom. The molecule has 10 rings (SSSR count). The van der Waals surface area contributed by atoms with Crippen molar-refractivity contribution < 1.29 is 5.11 Å². The minimum absolute atomic E-state index is 0.0200. The summed E-state index contributed by atoms with van der Waals surface area (Å²) in [5, 5.41) is 14.3. The molecule has 0 aliphatic heterocycles. The Morgan fingerprint density at radius 3 is 1.58 bits per heavy atom. The molecule has 62 heavy (non-hydrogen) atoms. The lowest BCUT2D eigenvalue weighted by atomic mass is 9.75. The first kappa shape index (κ1) is 39.6. The number of anilines is 3. The molecule has 1 N–H and O–H groups in total. The van der Waals surface area contributed by atoms with Gasteiger partial charge in [0, 0.05) is 33.5 Å². The van der Waals surface area contributed by atoms with Gasteiger partial charge in [-0.3, -0.25) is 0 Å². The van der Waals surface area contributed by atoms with E-state index in [2.05, 4.69) is 242 Å². The fourth-order valence-corrected chi connectivity index (χ4v) is 10.2. The molecule has 2 heteroatoms. The topological polar surface area (TPSA) is 23.5 Å². The summed E-state index contributed by atoms with van der Waals surface area (Å²) in [4.78, 5) is 2.38. The van der Waals surface area contributed by atoms with Gasteiger partial charge in [0.25, 0.3) is 0 Å². The van der Waals surface area contributed by atoms with Crippen LogP contribution in [0, 0.1) is 0 Å². The van der Waals surface area contributed by atoms with Crippen LogP contribution in [0.3, 0.4) is 0 Å². The molecule has 0 radical (unpaired) electrons. The second kappa shape index (κ2) is 14.3. The molecule has 2 aliphatic carbocycles. The molecule has 0 heterocycles. The molecule has 8 aromatic carbocycles. The number of hydrogen-bond acceptors (Lipinski definition) is 2. The van der Waals surface area contributed by atoms with E-state index in [1.807, 2.05) is 0 Å². The van der Waals surface area contributed by atoms with Crippen LogP contribution in [0.4, 0.5) is 17.1 Å². The Bertz CT molecular complexity index is 3000. The zero-order chi connectivity index (χ0) is 43.2. The first-order valence-corrected chi connectivity index (χ1v) is 22.1. The van der Waals surface area contributed by atoms with Crippen molar-refractivity contribution in [2.75, 3.05) is 4.90 Å². The van der Waals surface area contributed by atoms with E-state index in [0.717, 1.165) is 61.6 Å². The Balaban J connectivity index is 1.24. The van der Waals surface area contributed by atoms with Crippen molar-refractivity contribution in [1.29, 1.82) is 0 Å². The average Bonchev–Trinajstić information content (AvgIpc) is 3.68. The smallest absolute Gasteiger partial charge is 0.144 e. The summed E-state index contributed by atoms with van der Waals surface area (Å²) >= 11 is 0. The van der Waals surface area contributed by atoms with E-state index in [-0.39, 0.29) is 16.2 Å². The highest BCUT2D eigenvalue weighted by molar-refractivity contribution is 5.94. The summed E-state index contributed by atoms with van der Waals surface area (Å²) in [7, 11) is 0. The van der Waals surface area contributed by atoms with Gasteiger partial charge in [0.05, 0.1) is 5.69 Å². The van der Waals surface area contributed by atoms with Crippen molar-refractivity contribution in [3.05, 3.63) is 221 Å². The van der Waals surface area contributed by atoms with E-state index in [0.29, 0.717) is 0 Å². The molecule has 1 atom stereocenters. The van der Waals surface area contributed by atoms with Crippen LogP contribution in [0.25, 0.3) is 44.5 Å². The van der Waals surface area contributed by atoms with Crippen LogP contribution in [0.5, 0.6) is 0 Å². The first-order valence-electron chi connectivity index (χ1n) is 22.1. The third-order valence-electron chi connectivity index (χ3n) is 13.6. The van der Waals surface area contributed by atoms with Gasteiger partial charge in [-0.15, -0.1) is 0 Å². The highest BCUT2D eigenvalue weighted by Gasteiger charge is 2.48. The second-order valence-corrected chi connectivity index (χ2v) is 19.9. The number of nitrogens with zero attached hydrogens (tertiary/aromatic N) is 1. The molecular weight excluding hydrogens is 751 g/mol. The molecule has 0 saturated heterocycles. The van der Waals surface area contributed by atoms with E-state index in [1.165, 1.54) is 38.9 Å². The molecular formula is C60H55NO. The van der Waals surface area contributed by atoms with E-state index in [4.69, 9.17) is 0 Å².